The van der Waals surface area contributed by atoms with Crippen molar-refractivity contribution in [1.29, 1.82) is 0 Å². The summed E-state index contributed by atoms with van der Waals surface area (Å²) in [5.41, 5.74) is 2.24. The van der Waals surface area contributed by atoms with Crippen LogP contribution < -0.4 is 0 Å². The van der Waals surface area contributed by atoms with Crippen molar-refractivity contribution in [2.24, 2.45) is 11.3 Å². The largest absolute Gasteiger partial charge is 0.0998 e. The molecule has 0 heteroatoms. The Morgan fingerprint density at radius 2 is 2.25 bits per heavy atom. The Kier molecular flexibility index (Phi) is 2.02. The van der Waals surface area contributed by atoms with Gasteiger partial charge < -0.3 is 0 Å². The van der Waals surface area contributed by atoms with E-state index in [-0.39, 0.29) is 0 Å². The van der Waals surface area contributed by atoms with Gasteiger partial charge in [-0.25, -0.2) is 0 Å². The number of hydrogen-bond donors (Lipinski definition) is 0. The van der Waals surface area contributed by atoms with Crippen LogP contribution in [0.1, 0.15) is 51.9 Å². The SMILES string of the molecule is C=C1CCC[C@]2(CC[C@H](C)C2)C1. The molecule has 0 radical (unpaired) electrons. The second-order valence-corrected chi connectivity index (χ2v) is 5.13. The van der Waals surface area contributed by atoms with Gasteiger partial charge in [0.15, 0.2) is 0 Å². The van der Waals surface area contributed by atoms with E-state index in [1.165, 1.54) is 50.5 Å². The minimum absolute atomic E-state index is 0.717. The monoisotopic (exact) mass is 164 g/mol. The molecule has 0 bridgehead atoms. The van der Waals surface area contributed by atoms with Gasteiger partial charge >= 0.3 is 0 Å². The van der Waals surface area contributed by atoms with Gasteiger partial charge in [-0.15, -0.1) is 0 Å². The first-order valence-corrected chi connectivity index (χ1v) is 5.37. The Balaban J connectivity index is 2.05. The van der Waals surface area contributed by atoms with Crippen LogP contribution in [0.4, 0.5) is 0 Å². The van der Waals surface area contributed by atoms with Crippen molar-refractivity contribution in [3.63, 3.8) is 0 Å². The van der Waals surface area contributed by atoms with Crippen molar-refractivity contribution in [3.8, 4) is 0 Å². The highest BCUT2D eigenvalue weighted by molar-refractivity contribution is 5.06. The van der Waals surface area contributed by atoms with Crippen LogP contribution in [0, 0.1) is 11.3 Å². The highest BCUT2D eigenvalue weighted by Gasteiger charge is 2.38. The molecule has 0 heterocycles. The van der Waals surface area contributed by atoms with Crippen LogP contribution in [0.5, 0.6) is 0 Å². The van der Waals surface area contributed by atoms with Crippen molar-refractivity contribution >= 4 is 0 Å². The third-order valence-corrected chi connectivity index (χ3v) is 3.81. The van der Waals surface area contributed by atoms with Crippen LogP contribution in [-0.4, -0.2) is 0 Å². The third-order valence-electron chi connectivity index (χ3n) is 3.81. The Labute approximate surface area is 76.1 Å². The van der Waals surface area contributed by atoms with Crippen LogP contribution in [0.3, 0.4) is 0 Å². The summed E-state index contributed by atoms with van der Waals surface area (Å²) in [5.74, 6) is 0.982. The molecule has 2 atom stereocenters. The van der Waals surface area contributed by atoms with E-state index in [1.54, 1.807) is 0 Å². The average Bonchev–Trinajstić information content (AvgIpc) is 2.32. The van der Waals surface area contributed by atoms with Gasteiger partial charge in [0.2, 0.25) is 0 Å². The summed E-state index contributed by atoms with van der Waals surface area (Å²) < 4.78 is 0. The van der Waals surface area contributed by atoms with Crippen molar-refractivity contribution in [3.05, 3.63) is 12.2 Å². The number of rotatable bonds is 0. The summed E-state index contributed by atoms with van der Waals surface area (Å²) in [6.45, 7) is 6.57. The minimum Gasteiger partial charge on any atom is -0.0998 e. The molecule has 2 rings (SSSR count). The first kappa shape index (κ1) is 8.34. The molecule has 0 saturated heterocycles. The average molecular weight is 164 g/mol. The van der Waals surface area contributed by atoms with Crippen LogP contribution in [-0.2, 0) is 0 Å². The summed E-state index contributed by atoms with van der Waals surface area (Å²) >= 11 is 0. The van der Waals surface area contributed by atoms with Crippen LogP contribution in [0.15, 0.2) is 12.2 Å². The molecule has 0 unspecified atom stereocenters. The fourth-order valence-electron chi connectivity index (χ4n) is 3.30. The fraction of sp³-hybridized carbons (Fsp3) is 0.833. The Morgan fingerprint density at radius 3 is 2.83 bits per heavy atom. The lowest BCUT2D eigenvalue weighted by atomic mass is 9.71. The normalized spacial score (nSPS) is 42.4. The van der Waals surface area contributed by atoms with Crippen LogP contribution in [0.2, 0.25) is 0 Å². The Morgan fingerprint density at radius 1 is 1.42 bits per heavy atom. The molecule has 0 aromatic carbocycles. The van der Waals surface area contributed by atoms with Gasteiger partial charge in [0.05, 0.1) is 0 Å². The molecule has 0 aliphatic heterocycles. The van der Waals surface area contributed by atoms with Crippen molar-refractivity contribution < 1.29 is 0 Å². The molecule has 0 N–H and O–H groups in total. The van der Waals surface area contributed by atoms with Crippen LogP contribution in [0.25, 0.3) is 0 Å². The first-order chi connectivity index (χ1) is 5.70. The maximum Gasteiger partial charge on any atom is -0.0258 e. The van der Waals surface area contributed by atoms with Gasteiger partial charge in [-0.1, -0.05) is 25.5 Å². The lowest BCUT2D eigenvalue weighted by Crippen LogP contribution is -2.21. The van der Waals surface area contributed by atoms with Gasteiger partial charge in [0.1, 0.15) is 0 Å². The zero-order valence-electron chi connectivity index (χ0n) is 8.23. The quantitative estimate of drug-likeness (QED) is 0.476. The number of allylic oxidation sites excluding steroid dienone is 1. The van der Waals surface area contributed by atoms with E-state index in [4.69, 9.17) is 0 Å². The van der Waals surface area contributed by atoms with Crippen LogP contribution >= 0.6 is 0 Å². The van der Waals surface area contributed by atoms with E-state index < -0.39 is 0 Å². The zero-order valence-corrected chi connectivity index (χ0v) is 8.23. The Bertz CT molecular complexity index is 188. The van der Waals surface area contributed by atoms with Crippen molar-refractivity contribution in [2.75, 3.05) is 0 Å². The first-order valence-electron chi connectivity index (χ1n) is 5.37. The van der Waals surface area contributed by atoms with Gasteiger partial charge in [-0.3, -0.25) is 0 Å². The van der Waals surface area contributed by atoms with E-state index in [2.05, 4.69) is 13.5 Å². The summed E-state index contributed by atoms with van der Waals surface area (Å²) in [6, 6.07) is 0. The predicted octanol–water partition coefficient (Wildman–Crippen LogP) is 3.92. The Hall–Kier alpha value is -0.260. The third kappa shape index (κ3) is 1.44. The molecule has 12 heavy (non-hydrogen) atoms. The highest BCUT2D eigenvalue weighted by atomic mass is 14.4. The minimum atomic E-state index is 0.717. The molecule has 0 nitrogen and oxygen atoms in total. The molecule has 2 fully saturated rings. The maximum atomic E-state index is 4.16. The molecular weight excluding hydrogens is 144 g/mol. The van der Waals surface area contributed by atoms with Crippen molar-refractivity contribution in [2.45, 2.75) is 51.9 Å². The molecule has 68 valence electrons. The lowest BCUT2D eigenvalue weighted by molar-refractivity contribution is 0.227. The van der Waals surface area contributed by atoms with E-state index in [1.807, 2.05) is 0 Å². The summed E-state index contributed by atoms with van der Waals surface area (Å²) in [6.07, 6.45) is 9.96. The van der Waals surface area contributed by atoms with Gasteiger partial charge in [0, 0.05) is 0 Å². The van der Waals surface area contributed by atoms with E-state index in [9.17, 15) is 0 Å². The van der Waals surface area contributed by atoms with E-state index in [0.717, 1.165) is 11.3 Å². The number of hydrogen-bond acceptors (Lipinski definition) is 0. The molecule has 2 aliphatic rings. The summed E-state index contributed by atoms with van der Waals surface area (Å²) in [7, 11) is 0. The molecule has 2 aliphatic carbocycles. The molecule has 0 amide bonds. The lowest BCUT2D eigenvalue weighted by Gasteiger charge is -2.34. The second kappa shape index (κ2) is 2.90. The van der Waals surface area contributed by atoms with Crippen molar-refractivity contribution in [1.82, 2.24) is 0 Å². The standard InChI is InChI=1S/C12H20/c1-10-4-3-6-12(8-10)7-5-11(2)9-12/h11H,1,3-9H2,2H3/t11-,12-/m0/s1. The van der Waals surface area contributed by atoms with E-state index >= 15 is 0 Å². The summed E-state index contributed by atoms with van der Waals surface area (Å²) in [5, 5.41) is 0. The molecule has 1 spiro atoms. The smallest absolute Gasteiger partial charge is 0.0258 e. The predicted molar refractivity (Wildman–Crippen MR) is 53.1 cm³/mol. The maximum absolute atomic E-state index is 4.16. The van der Waals surface area contributed by atoms with Gasteiger partial charge in [0.25, 0.3) is 0 Å². The van der Waals surface area contributed by atoms with Gasteiger partial charge in [-0.2, -0.15) is 0 Å². The van der Waals surface area contributed by atoms with Gasteiger partial charge in [-0.05, 0) is 49.9 Å². The molecule has 2 saturated carbocycles. The molecule has 0 aromatic rings. The highest BCUT2D eigenvalue weighted by Crippen LogP contribution is 2.52. The summed E-state index contributed by atoms with van der Waals surface area (Å²) in [4.78, 5) is 0. The molecular formula is C12H20. The molecule has 0 aromatic heterocycles. The second-order valence-electron chi connectivity index (χ2n) is 5.13. The zero-order chi connectivity index (χ0) is 8.60. The fourth-order valence-corrected chi connectivity index (χ4v) is 3.30. The van der Waals surface area contributed by atoms with E-state index in [0.29, 0.717) is 0 Å². The topological polar surface area (TPSA) is 0 Å².